The summed E-state index contributed by atoms with van der Waals surface area (Å²) in [5.41, 5.74) is 1.06. The maximum Gasteiger partial charge on any atom is 0.261 e. The van der Waals surface area contributed by atoms with Crippen molar-refractivity contribution in [3.05, 3.63) is 52.2 Å². The number of carbonyl (C=O) groups is 2. The van der Waals surface area contributed by atoms with Crippen LogP contribution in [0.25, 0.3) is 0 Å². The molecule has 0 aliphatic heterocycles. The van der Waals surface area contributed by atoms with Crippen LogP contribution in [0.2, 0.25) is 0 Å². The first-order valence-electron chi connectivity index (χ1n) is 8.24. The Bertz CT molecular complexity index is 683. The fourth-order valence-corrected chi connectivity index (χ4v) is 3.07. The molecule has 2 amide bonds. The summed E-state index contributed by atoms with van der Waals surface area (Å²) in [7, 11) is 3.44. The third-order valence-corrected chi connectivity index (χ3v) is 5.04. The first-order chi connectivity index (χ1) is 12.0. The molecule has 0 bridgehead atoms. The van der Waals surface area contributed by atoms with Crippen LogP contribution in [0, 0.1) is 0 Å². The van der Waals surface area contributed by atoms with E-state index in [2.05, 4.69) is 5.32 Å². The van der Waals surface area contributed by atoms with Crippen molar-refractivity contribution < 1.29 is 14.3 Å². The van der Waals surface area contributed by atoms with Gasteiger partial charge < -0.3 is 15.0 Å². The molecule has 1 aromatic carbocycles. The molecule has 2 aromatic rings. The SMILES string of the molecule is COc1ccc(C(C)N(C)C(=O)CCCNC(=O)c2cccs2)cc1. The molecule has 134 valence electrons. The average molecular weight is 360 g/mol. The number of nitrogens with one attached hydrogen (secondary N) is 1. The summed E-state index contributed by atoms with van der Waals surface area (Å²) in [5, 5.41) is 4.71. The van der Waals surface area contributed by atoms with Crippen molar-refractivity contribution in [1.29, 1.82) is 0 Å². The summed E-state index contributed by atoms with van der Waals surface area (Å²) in [4.78, 5) is 26.6. The molecule has 25 heavy (non-hydrogen) atoms. The molecular formula is C19H24N2O3S. The van der Waals surface area contributed by atoms with Crippen LogP contribution in [0.4, 0.5) is 0 Å². The monoisotopic (exact) mass is 360 g/mol. The van der Waals surface area contributed by atoms with E-state index in [0.717, 1.165) is 11.3 Å². The summed E-state index contributed by atoms with van der Waals surface area (Å²) in [6.07, 6.45) is 1.03. The van der Waals surface area contributed by atoms with Gasteiger partial charge in [0.15, 0.2) is 0 Å². The average Bonchev–Trinajstić information content (AvgIpc) is 3.18. The molecule has 0 saturated carbocycles. The molecule has 1 heterocycles. The number of methoxy groups -OCH3 is 1. The van der Waals surface area contributed by atoms with Crippen LogP contribution in [-0.4, -0.2) is 37.4 Å². The van der Waals surface area contributed by atoms with Gasteiger partial charge in [0.05, 0.1) is 18.0 Å². The predicted octanol–water partition coefficient (Wildman–Crippen LogP) is 3.49. The quantitative estimate of drug-likeness (QED) is 0.733. The van der Waals surface area contributed by atoms with Crippen molar-refractivity contribution in [3.8, 4) is 5.75 Å². The fourth-order valence-electron chi connectivity index (χ4n) is 2.43. The van der Waals surface area contributed by atoms with Crippen LogP contribution < -0.4 is 10.1 Å². The highest BCUT2D eigenvalue weighted by atomic mass is 32.1. The molecule has 6 heteroatoms. The van der Waals surface area contributed by atoms with Gasteiger partial charge in [-0.05, 0) is 42.5 Å². The van der Waals surface area contributed by atoms with Gasteiger partial charge in [0.1, 0.15) is 5.75 Å². The van der Waals surface area contributed by atoms with Crippen molar-refractivity contribution in [2.75, 3.05) is 20.7 Å². The zero-order valence-electron chi connectivity index (χ0n) is 14.8. The van der Waals surface area contributed by atoms with E-state index in [1.54, 1.807) is 18.1 Å². The fraction of sp³-hybridized carbons (Fsp3) is 0.368. The molecule has 0 radical (unpaired) electrons. The number of benzene rings is 1. The molecule has 0 spiro atoms. The van der Waals surface area contributed by atoms with Crippen LogP contribution >= 0.6 is 11.3 Å². The Balaban J connectivity index is 1.76. The van der Waals surface area contributed by atoms with Gasteiger partial charge in [-0.2, -0.15) is 0 Å². The van der Waals surface area contributed by atoms with E-state index in [9.17, 15) is 9.59 Å². The third-order valence-electron chi connectivity index (χ3n) is 4.17. The lowest BCUT2D eigenvalue weighted by molar-refractivity contribution is -0.131. The molecule has 1 N–H and O–H groups in total. The van der Waals surface area contributed by atoms with Gasteiger partial charge in [-0.15, -0.1) is 11.3 Å². The van der Waals surface area contributed by atoms with Crippen LogP contribution in [0.5, 0.6) is 5.75 Å². The number of nitrogens with zero attached hydrogens (tertiary/aromatic N) is 1. The molecule has 1 aromatic heterocycles. The number of hydrogen-bond donors (Lipinski definition) is 1. The number of amides is 2. The first-order valence-corrected chi connectivity index (χ1v) is 9.12. The van der Waals surface area contributed by atoms with E-state index in [4.69, 9.17) is 4.74 Å². The number of thiophene rings is 1. The molecule has 0 fully saturated rings. The smallest absolute Gasteiger partial charge is 0.261 e. The summed E-state index contributed by atoms with van der Waals surface area (Å²) in [5.74, 6) is 0.780. The van der Waals surface area contributed by atoms with Gasteiger partial charge in [0.2, 0.25) is 5.91 Å². The second-order valence-electron chi connectivity index (χ2n) is 5.79. The number of ether oxygens (including phenoxy) is 1. The Labute approximate surface area is 152 Å². The highest BCUT2D eigenvalue weighted by Crippen LogP contribution is 2.22. The summed E-state index contributed by atoms with van der Waals surface area (Å²) in [6.45, 7) is 2.49. The lowest BCUT2D eigenvalue weighted by Gasteiger charge is -2.25. The topological polar surface area (TPSA) is 58.6 Å². The van der Waals surface area contributed by atoms with Crippen molar-refractivity contribution in [2.24, 2.45) is 0 Å². The maximum absolute atomic E-state index is 12.3. The number of hydrogen-bond acceptors (Lipinski definition) is 4. The normalized spacial score (nSPS) is 11.6. The minimum atomic E-state index is -0.0811. The van der Waals surface area contributed by atoms with Gasteiger partial charge in [-0.25, -0.2) is 0 Å². The van der Waals surface area contributed by atoms with Gasteiger partial charge in [-0.3, -0.25) is 9.59 Å². The Morgan fingerprint density at radius 3 is 2.56 bits per heavy atom. The van der Waals surface area contributed by atoms with E-state index in [-0.39, 0.29) is 17.9 Å². The van der Waals surface area contributed by atoms with Crippen LogP contribution in [0.3, 0.4) is 0 Å². The highest BCUT2D eigenvalue weighted by molar-refractivity contribution is 7.12. The molecule has 0 aliphatic carbocycles. The number of rotatable bonds is 8. The Morgan fingerprint density at radius 1 is 1.24 bits per heavy atom. The van der Waals surface area contributed by atoms with E-state index in [1.807, 2.05) is 49.7 Å². The van der Waals surface area contributed by atoms with Crippen LogP contribution in [0.15, 0.2) is 41.8 Å². The van der Waals surface area contributed by atoms with Crippen molar-refractivity contribution in [2.45, 2.75) is 25.8 Å². The third kappa shape index (κ3) is 5.32. The van der Waals surface area contributed by atoms with Crippen molar-refractivity contribution in [1.82, 2.24) is 10.2 Å². The Hall–Kier alpha value is -2.34. The van der Waals surface area contributed by atoms with Gasteiger partial charge in [0, 0.05) is 20.0 Å². The largest absolute Gasteiger partial charge is 0.497 e. The van der Waals surface area contributed by atoms with Gasteiger partial charge >= 0.3 is 0 Å². The Morgan fingerprint density at radius 2 is 1.96 bits per heavy atom. The molecular weight excluding hydrogens is 336 g/mol. The van der Waals surface area contributed by atoms with Gasteiger partial charge in [0.25, 0.3) is 5.91 Å². The summed E-state index contributed by atoms with van der Waals surface area (Å²) in [6, 6.07) is 11.3. The van der Waals surface area contributed by atoms with Crippen molar-refractivity contribution in [3.63, 3.8) is 0 Å². The lowest BCUT2D eigenvalue weighted by atomic mass is 10.1. The summed E-state index contributed by atoms with van der Waals surface area (Å²) < 4.78 is 5.15. The minimum absolute atomic E-state index is 0.0147. The summed E-state index contributed by atoms with van der Waals surface area (Å²) >= 11 is 1.41. The minimum Gasteiger partial charge on any atom is -0.497 e. The van der Waals surface area contributed by atoms with E-state index in [1.165, 1.54) is 11.3 Å². The predicted molar refractivity (Wildman–Crippen MR) is 100 cm³/mol. The molecule has 5 nitrogen and oxygen atoms in total. The number of carbonyl (C=O) groups excluding carboxylic acids is 2. The maximum atomic E-state index is 12.3. The molecule has 0 saturated heterocycles. The van der Waals surface area contributed by atoms with Crippen LogP contribution in [0.1, 0.15) is 41.0 Å². The lowest BCUT2D eigenvalue weighted by Crippen LogP contribution is -2.31. The first kappa shape index (κ1) is 19.0. The second kappa shape index (κ2) is 9.22. The molecule has 1 atom stereocenters. The molecule has 0 aliphatic rings. The van der Waals surface area contributed by atoms with E-state index < -0.39 is 0 Å². The zero-order chi connectivity index (χ0) is 18.2. The van der Waals surface area contributed by atoms with Gasteiger partial charge in [-0.1, -0.05) is 18.2 Å². The molecule has 1 unspecified atom stereocenters. The Kier molecular flexibility index (Phi) is 7.01. The van der Waals surface area contributed by atoms with E-state index in [0.29, 0.717) is 24.3 Å². The van der Waals surface area contributed by atoms with E-state index >= 15 is 0 Å². The zero-order valence-corrected chi connectivity index (χ0v) is 15.6. The highest BCUT2D eigenvalue weighted by Gasteiger charge is 2.17. The van der Waals surface area contributed by atoms with Crippen LogP contribution in [-0.2, 0) is 4.79 Å². The standard InChI is InChI=1S/C19H24N2O3S/c1-14(15-8-10-16(24-3)11-9-15)21(2)18(22)7-4-12-20-19(23)17-6-5-13-25-17/h5-6,8-11,13-14H,4,7,12H2,1-3H3,(H,20,23). The molecule has 2 rings (SSSR count). The van der Waals surface area contributed by atoms with Crippen molar-refractivity contribution >= 4 is 23.2 Å². The second-order valence-corrected chi connectivity index (χ2v) is 6.74.